The van der Waals surface area contributed by atoms with Crippen LogP contribution < -0.4 is 5.32 Å². The molecule has 0 spiro atoms. The molecule has 2 rings (SSSR count). The van der Waals surface area contributed by atoms with Crippen LogP contribution in [-0.2, 0) is 9.53 Å². The summed E-state index contributed by atoms with van der Waals surface area (Å²) >= 11 is 5.92. The van der Waals surface area contributed by atoms with Gasteiger partial charge in [-0.05, 0) is 19.3 Å². The summed E-state index contributed by atoms with van der Waals surface area (Å²) in [5.74, 6) is 0.843. The first kappa shape index (κ1) is 11.2. The minimum atomic E-state index is -0.290. The molecule has 0 aromatic heterocycles. The van der Waals surface area contributed by atoms with Gasteiger partial charge in [-0.3, -0.25) is 4.79 Å². The minimum Gasteiger partial charge on any atom is -0.379 e. The first-order chi connectivity index (χ1) is 7.26. The molecule has 1 saturated carbocycles. The fourth-order valence-corrected chi connectivity index (χ4v) is 2.67. The van der Waals surface area contributed by atoms with Crippen LogP contribution >= 0.6 is 11.6 Å². The average Bonchev–Trinajstić information content (AvgIpc) is 2.88. The second-order valence-electron chi connectivity index (χ2n) is 4.69. The third-order valence-corrected chi connectivity index (χ3v) is 3.99. The maximum Gasteiger partial charge on any atom is 0.223 e. The number of halogens is 1. The van der Waals surface area contributed by atoms with Crippen LogP contribution in [0.5, 0.6) is 0 Å². The van der Waals surface area contributed by atoms with Crippen LogP contribution in [0.2, 0.25) is 0 Å². The molecule has 0 radical (unpaired) electrons. The zero-order valence-corrected chi connectivity index (χ0v) is 9.68. The van der Waals surface area contributed by atoms with Crippen molar-refractivity contribution in [3.63, 3.8) is 0 Å². The highest BCUT2D eigenvalue weighted by Gasteiger charge is 2.37. The van der Waals surface area contributed by atoms with Gasteiger partial charge in [0.2, 0.25) is 5.91 Å². The molecule has 1 N–H and O–H groups in total. The molecule has 3 nitrogen and oxygen atoms in total. The highest BCUT2D eigenvalue weighted by molar-refractivity contribution is 6.18. The molecule has 1 aliphatic carbocycles. The standard InChI is InChI=1S/C11H18ClNO2/c12-7-11(5-6-15-8-11)13-10(14)9-3-1-2-4-9/h9H,1-8H2,(H,13,14). The Bertz CT molecular complexity index is 233. The van der Waals surface area contributed by atoms with E-state index in [1.54, 1.807) is 0 Å². The van der Waals surface area contributed by atoms with Gasteiger partial charge < -0.3 is 10.1 Å². The predicted molar refractivity (Wildman–Crippen MR) is 59.0 cm³/mol. The van der Waals surface area contributed by atoms with Crippen LogP contribution in [0.4, 0.5) is 0 Å². The maximum absolute atomic E-state index is 11.9. The lowest BCUT2D eigenvalue weighted by atomic mass is 9.99. The molecule has 1 aliphatic heterocycles. The molecular formula is C11H18ClNO2. The van der Waals surface area contributed by atoms with Crippen molar-refractivity contribution in [2.45, 2.75) is 37.6 Å². The van der Waals surface area contributed by atoms with Crippen molar-refractivity contribution >= 4 is 17.5 Å². The summed E-state index contributed by atoms with van der Waals surface area (Å²) in [6.45, 7) is 1.27. The van der Waals surface area contributed by atoms with Crippen molar-refractivity contribution in [1.29, 1.82) is 0 Å². The third kappa shape index (κ3) is 2.45. The Morgan fingerprint density at radius 3 is 2.73 bits per heavy atom. The monoisotopic (exact) mass is 231 g/mol. The van der Waals surface area contributed by atoms with E-state index in [-0.39, 0.29) is 17.4 Å². The summed E-state index contributed by atoms with van der Waals surface area (Å²) in [5, 5.41) is 3.09. The first-order valence-corrected chi connectivity index (χ1v) is 6.25. The van der Waals surface area contributed by atoms with E-state index in [2.05, 4.69) is 5.32 Å². The Kier molecular flexibility index (Phi) is 3.52. The van der Waals surface area contributed by atoms with E-state index >= 15 is 0 Å². The zero-order chi connectivity index (χ0) is 10.7. The van der Waals surface area contributed by atoms with E-state index in [1.165, 1.54) is 12.8 Å². The zero-order valence-electron chi connectivity index (χ0n) is 8.93. The number of rotatable bonds is 3. The number of amides is 1. The Balaban J connectivity index is 1.91. The van der Waals surface area contributed by atoms with E-state index in [4.69, 9.17) is 16.3 Å². The van der Waals surface area contributed by atoms with Crippen molar-refractivity contribution in [3.05, 3.63) is 0 Å². The van der Waals surface area contributed by atoms with Gasteiger partial charge in [-0.15, -0.1) is 11.6 Å². The van der Waals surface area contributed by atoms with Crippen molar-refractivity contribution in [2.75, 3.05) is 19.1 Å². The van der Waals surface area contributed by atoms with Gasteiger partial charge in [-0.2, -0.15) is 0 Å². The number of hydrogen-bond acceptors (Lipinski definition) is 2. The van der Waals surface area contributed by atoms with E-state index in [0.717, 1.165) is 19.3 Å². The van der Waals surface area contributed by atoms with Crippen LogP contribution in [0.1, 0.15) is 32.1 Å². The van der Waals surface area contributed by atoms with Crippen LogP contribution in [0, 0.1) is 5.92 Å². The minimum absolute atomic E-state index is 0.179. The highest BCUT2D eigenvalue weighted by atomic mass is 35.5. The molecule has 1 saturated heterocycles. The highest BCUT2D eigenvalue weighted by Crippen LogP contribution is 2.27. The molecule has 1 amide bonds. The number of alkyl halides is 1. The lowest BCUT2D eigenvalue weighted by Gasteiger charge is -2.27. The van der Waals surface area contributed by atoms with Gasteiger partial charge in [-0.25, -0.2) is 0 Å². The molecule has 0 bridgehead atoms. The summed E-state index contributed by atoms with van der Waals surface area (Å²) in [6, 6.07) is 0. The van der Waals surface area contributed by atoms with Crippen molar-refractivity contribution in [2.24, 2.45) is 5.92 Å². The van der Waals surface area contributed by atoms with Crippen LogP contribution in [0.25, 0.3) is 0 Å². The molecule has 2 aliphatic rings. The number of carbonyl (C=O) groups is 1. The number of carbonyl (C=O) groups excluding carboxylic acids is 1. The van der Waals surface area contributed by atoms with E-state index in [0.29, 0.717) is 19.1 Å². The van der Waals surface area contributed by atoms with Crippen molar-refractivity contribution in [1.82, 2.24) is 5.32 Å². The molecule has 0 aromatic rings. The van der Waals surface area contributed by atoms with E-state index in [9.17, 15) is 4.79 Å². The van der Waals surface area contributed by atoms with Crippen LogP contribution in [-0.4, -0.2) is 30.5 Å². The molecule has 1 heterocycles. The van der Waals surface area contributed by atoms with Crippen LogP contribution in [0.3, 0.4) is 0 Å². The van der Waals surface area contributed by atoms with E-state index in [1.807, 2.05) is 0 Å². The normalized spacial score (nSPS) is 32.1. The topological polar surface area (TPSA) is 38.3 Å². The van der Waals surface area contributed by atoms with Gasteiger partial charge in [0.1, 0.15) is 0 Å². The fourth-order valence-electron chi connectivity index (χ4n) is 2.40. The summed E-state index contributed by atoms with van der Waals surface area (Å²) in [6.07, 6.45) is 5.27. The lowest BCUT2D eigenvalue weighted by Crippen LogP contribution is -2.52. The van der Waals surface area contributed by atoms with Gasteiger partial charge in [0.25, 0.3) is 0 Å². The lowest BCUT2D eigenvalue weighted by molar-refractivity contribution is -0.126. The van der Waals surface area contributed by atoms with Crippen molar-refractivity contribution in [3.8, 4) is 0 Å². The van der Waals surface area contributed by atoms with Gasteiger partial charge in [0.15, 0.2) is 0 Å². The predicted octanol–water partition coefficient (Wildman–Crippen LogP) is 1.69. The Morgan fingerprint density at radius 2 is 2.20 bits per heavy atom. The molecule has 2 fully saturated rings. The maximum atomic E-state index is 11.9. The largest absolute Gasteiger partial charge is 0.379 e. The SMILES string of the molecule is O=C(NC1(CCl)CCOC1)C1CCCC1. The molecule has 1 unspecified atom stereocenters. The second kappa shape index (κ2) is 4.71. The Hall–Kier alpha value is -0.280. The summed E-state index contributed by atoms with van der Waals surface area (Å²) in [7, 11) is 0. The Morgan fingerprint density at radius 1 is 1.47 bits per heavy atom. The quantitative estimate of drug-likeness (QED) is 0.751. The molecular weight excluding hydrogens is 214 g/mol. The Labute approximate surface area is 95.5 Å². The molecule has 1 atom stereocenters. The van der Waals surface area contributed by atoms with Crippen molar-refractivity contribution < 1.29 is 9.53 Å². The summed E-state index contributed by atoms with van der Waals surface area (Å²) in [5.41, 5.74) is -0.290. The molecule has 15 heavy (non-hydrogen) atoms. The van der Waals surface area contributed by atoms with Gasteiger partial charge in [0.05, 0.1) is 12.1 Å². The first-order valence-electron chi connectivity index (χ1n) is 5.71. The van der Waals surface area contributed by atoms with Gasteiger partial charge in [-0.1, -0.05) is 12.8 Å². The van der Waals surface area contributed by atoms with E-state index < -0.39 is 0 Å². The summed E-state index contributed by atoms with van der Waals surface area (Å²) < 4.78 is 5.32. The fraction of sp³-hybridized carbons (Fsp3) is 0.909. The number of ether oxygens (including phenoxy) is 1. The second-order valence-corrected chi connectivity index (χ2v) is 4.95. The smallest absolute Gasteiger partial charge is 0.223 e. The van der Waals surface area contributed by atoms with Crippen LogP contribution in [0.15, 0.2) is 0 Å². The summed E-state index contributed by atoms with van der Waals surface area (Å²) in [4.78, 5) is 11.9. The number of nitrogens with one attached hydrogen (secondary N) is 1. The number of hydrogen-bond donors (Lipinski definition) is 1. The third-order valence-electron chi connectivity index (χ3n) is 3.47. The molecule has 0 aromatic carbocycles. The average molecular weight is 232 g/mol. The van der Waals surface area contributed by atoms with Gasteiger partial charge >= 0.3 is 0 Å². The molecule has 86 valence electrons. The molecule has 4 heteroatoms. The van der Waals surface area contributed by atoms with Gasteiger partial charge in [0, 0.05) is 18.4 Å².